The molecule has 0 unspecified atom stereocenters. The summed E-state index contributed by atoms with van der Waals surface area (Å²) in [5, 5.41) is 4.51. The highest BCUT2D eigenvalue weighted by Crippen LogP contribution is 2.30. The zero-order chi connectivity index (χ0) is 24.1. The van der Waals surface area contributed by atoms with E-state index in [0.29, 0.717) is 38.4 Å². The highest BCUT2D eigenvalue weighted by atomic mass is 16.5. The van der Waals surface area contributed by atoms with Crippen LogP contribution in [0.15, 0.2) is 18.3 Å². The number of fused-ring (bicyclic) bond motifs is 1. The molecule has 3 aromatic rings. The van der Waals surface area contributed by atoms with Gasteiger partial charge in [-0.1, -0.05) is 0 Å². The fourth-order valence-corrected chi connectivity index (χ4v) is 4.53. The number of aryl methyl sites for hydroxylation is 4. The quantitative estimate of drug-likeness (QED) is 0.444. The van der Waals surface area contributed by atoms with Crippen LogP contribution in [0.4, 0.5) is 0 Å². The van der Waals surface area contributed by atoms with Crippen molar-refractivity contribution in [1.29, 1.82) is 0 Å². The lowest BCUT2D eigenvalue weighted by atomic mass is 10.0. The van der Waals surface area contributed by atoms with Gasteiger partial charge in [-0.05, 0) is 38.5 Å². The Morgan fingerprint density at radius 1 is 1.18 bits per heavy atom. The van der Waals surface area contributed by atoms with Gasteiger partial charge in [-0.2, -0.15) is 5.10 Å². The summed E-state index contributed by atoms with van der Waals surface area (Å²) < 4.78 is 16.7. The van der Waals surface area contributed by atoms with Crippen LogP contribution in [0.5, 0.6) is 0 Å². The number of carbonyl (C=O) groups is 1. The number of hydrogen-bond acceptors (Lipinski definition) is 5. The van der Waals surface area contributed by atoms with Crippen molar-refractivity contribution < 1.29 is 18.8 Å². The maximum Gasteiger partial charge on any atom is 0.271 e. The van der Waals surface area contributed by atoms with Crippen LogP contribution in [0.25, 0.3) is 22.2 Å². The number of aromatic nitrogens is 4. The smallest absolute Gasteiger partial charge is 0.271 e. The molecular formula is C24H37N6O3+. The van der Waals surface area contributed by atoms with Crippen LogP contribution >= 0.6 is 0 Å². The summed E-state index contributed by atoms with van der Waals surface area (Å²) in [5.41, 5.74) is 11.6. The molecule has 0 radical (unpaired) electrons. The monoisotopic (exact) mass is 457 g/mol. The molecule has 0 atom stereocenters. The molecule has 0 aliphatic carbocycles. The number of rotatable bonds is 11. The van der Waals surface area contributed by atoms with Crippen molar-refractivity contribution in [3.05, 3.63) is 35.4 Å². The molecule has 1 aromatic carbocycles. The van der Waals surface area contributed by atoms with Gasteiger partial charge in [-0.3, -0.25) is 9.48 Å². The highest BCUT2D eigenvalue weighted by molar-refractivity contribution is 6.06. The summed E-state index contributed by atoms with van der Waals surface area (Å²) in [5.74, 6) is 0.959. The largest absolute Gasteiger partial charge is 0.383 e. The van der Waals surface area contributed by atoms with Crippen LogP contribution in [0.3, 0.4) is 0 Å². The van der Waals surface area contributed by atoms with Crippen molar-refractivity contribution in [2.75, 3.05) is 40.5 Å². The molecule has 2 aromatic heterocycles. The number of hydrogen-bond donors (Lipinski definition) is 1. The summed E-state index contributed by atoms with van der Waals surface area (Å²) >= 11 is 0. The second-order valence-corrected chi connectivity index (χ2v) is 8.08. The number of ether oxygens (including phenoxy) is 2. The number of methoxy groups -OCH3 is 2. The molecule has 33 heavy (non-hydrogen) atoms. The standard InChI is InChI=1S/C24H37N6O3/c1-7-29-21-14-18(20-16-27(4)26-17(20)3)13-19(23(21)30(8-2)22(29)15-25)24(31)28(9-11-32-5)10-12-33-6/h13-14,16H,7-12,15,25H2,1-6H3/q+1. The average Bonchev–Trinajstić information content (AvgIpc) is 3.32. The lowest BCUT2D eigenvalue weighted by Gasteiger charge is -2.22. The minimum Gasteiger partial charge on any atom is -0.383 e. The van der Waals surface area contributed by atoms with E-state index in [2.05, 4.69) is 34.1 Å². The Hall–Kier alpha value is -2.75. The second kappa shape index (κ2) is 10.9. The normalized spacial score (nSPS) is 11.5. The van der Waals surface area contributed by atoms with Crippen LogP contribution in [0.1, 0.15) is 35.7 Å². The molecule has 2 N–H and O–H groups in total. The third-order valence-electron chi connectivity index (χ3n) is 6.06. The van der Waals surface area contributed by atoms with Gasteiger partial charge in [0.15, 0.2) is 11.0 Å². The van der Waals surface area contributed by atoms with Crippen molar-refractivity contribution in [1.82, 2.24) is 19.2 Å². The maximum absolute atomic E-state index is 13.9. The van der Waals surface area contributed by atoms with Crippen molar-refractivity contribution in [2.45, 2.75) is 40.4 Å². The van der Waals surface area contributed by atoms with E-state index in [4.69, 9.17) is 15.2 Å². The summed E-state index contributed by atoms with van der Waals surface area (Å²) in [6.07, 6.45) is 2.00. The van der Waals surface area contributed by atoms with Gasteiger partial charge in [-0.15, -0.1) is 0 Å². The molecule has 1 amide bonds. The number of benzene rings is 1. The van der Waals surface area contributed by atoms with E-state index < -0.39 is 0 Å². The Morgan fingerprint density at radius 2 is 1.85 bits per heavy atom. The van der Waals surface area contributed by atoms with Gasteiger partial charge in [0.2, 0.25) is 0 Å². The Labute approximate surface area is 195 Å². The van der Waals surface area contributed by atoms with E-state index in [1.807, 2.05) is 26.2 Å². The molecule has 3 rings (SSSR count). The minimum absolute atomic E-state index is 0.0449. The first-order valence-corrected chi connectivity index (χ1v) is 11.5. The van der Waals surface area contributed by atoms with E-state index in [9.17, 15) is 4.79 Å². The molecule has 180 valence electrons. The number of amides is 1. The van der Waals surface area contributed by atoms with Gasteiger partial charge < -0.3 is 20.1 Å². The first-order chi connectivity index (χ1) is 15.9. The Bertz CT molecular complexity index is 1110. The van der Waals surface area contributed by atoms with Gasteiger partial charge in [0.05, 0.1) is 44.1 Å². The fraction of sp³-hybridized carbons (Fsp3) is 0.542. The zero-order valence-corrected chi connectivity index (χ0v) is 20.7. The third-order valence-corrected chi connectivity index (χ3v) is 6.06. The van der Waals surface area contributed by atoms with E-state index >= 15 is 0 Å². The third kappa shape index (κ3) is 4.80. The van der Waals surface area contributed by atoms with Gasteiger partial charge in [-0.25, -0.2) is 9.13 Å². The zero-order valence-electron chi connectivity index (χ0n) is 20.7. The SMILES string of the molecule is CCn1c(CN)[n+](CC)c2cc(-c3cn(C)nc3C)cc(C(=O)N(CCOC)CCOC)c21. The van der Waals surface area contributed by atoms with Crippen molar-refractivity contribution in [2.24, 2.45) is 12.8 Å². The van der Waals surface area contributed by atoms with Gasteiger partial charge in [0.25, 0.3) is 11.7 Å². The summed E-state index contributed by atoms with van der Waals surface area (Å²) in [7, 11) is 5.19. The molecule has 0 fully saturated rings. The first-order valence-electron chi connectivity index (χ1n) is 11.5. The summed E-state index contributed by atoms with van der Waals surface area (Å²) in [6, 6.07) is 4.15. The lowest BCUT2D eigenvalue weighted by molar-refractivity contribution is -0.676. The maximum atomic E-state index is 13.9. The van der Waals surface area contributed by atoms with Crippen LogP contribution in [0.2, 0.25) is 0 Å². The first kappa shape index (κ1) is 24.9. The fourth-order valence-electron chi connectivity index (χ4n) is 4.53. The Kier molecular flexibility index (Phi) is 8.23. The van der Waals surface area contributed by atoms with Crippen molar-refractivity contribution in [3.63, 3.8) is 0 Å². The van der Waals surface area contributed by atoms with Gasteiger partial charge in [0, 0.05) is 46.1 Å². The van der Waals surface area contributed by atoms with Gasteiger partial charge in [0.1, 0.15) is 0 Å². The van der Waals surface area contributed by atoms with E-state index in [1.165, 1.54) is 0 Å². The van der Waals surface area contributed by atoms with Crippen LogP contribution in [-0.2, 0) is 36.2 Å². The topological polar surface area (TPSA) is 91.4 Å². The molecule has 0 saturated carbocycles. The van der Waals surface area contributed by atoms with Crippen molar-refractivity contribution >= 4 is 16.9 Å². The van der Waals surface area contributed by atoms with E-state index in [1.54, 1.807) is 23.8 Å². The molecule has 0 spiro atoms. The van der Waals surface area contributed by atoms with E-state index in [0.717, 1.165) is 46.8 Å². The molecule has 0 aliphatic heterocycles. The Morgan fingerprint density at radius 3 is 2.33 bits per heavy atom. The molecular weight excluding hydrogens is 420 g/mol. The molecule has 0 aliphatic rings. The molecule has 2 heterocycles. The van der Waals surface area contributed by atoms with E-state index in [-0.39, 0.29) is 5.91 Å². The Balaban J connectivity index is 2.31. The number of imidazole rings is 1. The number of carbonyl (C=O) groups excluding carboxylic acids is 1. The molecule has 9 heteroatoms. The summed E-state index contributed by atoms with van der Waals surface area (Å²) in [4.78, 5) is 15.7. The summed E-state index contributed by atoms with van der Waals surface area (Å²) in [6.45, 7) is 9.93. The van der Waals surface area contributed by atoms with Gasteiger partial charge >= 0.3 is 0 Å². The predicted molar refractivity (Wildman–Crippen MR) is 128 cm³/mol. The number of nitrogens with zero attached hydrogens (tertiary/aromatic N) is 5. The minimum atomic E-state index is -0.0449. The predicted octanol–water partition coefficient (Wildman–Crippen LogP) is 1.87. The lowest BCUT2D eigenvalue weighted by Crippen LogP contribution is -2.38. The molecule has 0 bridgehead atoms. The number of nitrogens with two attached hydrogens (primary N) is 1. The van der Waals surface area contributed by atoms with Crippen LogP contribution < -0.4 is 10.3 Å². The second-order valence-electron chi connectivity index (χ2n) is 8.08. The molecule has 0 saturated heterocycles. The van der Waals surface area contributed by atoms with Crippen LogP contribution in [0, 0.1) is 6.92 Å². The van der Waals surface area contributed by atoms with Crippen molar-refractivity contribution in [3.8, 4) is 11.1 Å². The van der Waals surface area contributed by atoms with Crippen LogP contribution in [-0.4, -0.2) is 65.7 Å². The average molecular weight is 458 g/mol. The highest BCUT2D eigenvalue weighted by Gasteiger charge is 2.30. The molecule has 9 nitrogen and oxygen atoms in total.